The Morgan fingerprint density at radius 3 is 2.07 bits per heavy atom. The number of aryl methyl sites for hydroxylation is 1. The van der Waals surface area contributed by atoms with E-state index in [1.807, 2.05) is 7.05 Å². The number of likely N-dealkylation sites (N-methyl/N-ethyl adjacent to an activating group) is 1. The molecule has 14 heteroatoms. The summed E-state index contributed by atoms with van der Waals surface area (Å²) in [4.78, 5) is 33.0. The molecule has 2 fully saturated rings. The van der Waals surface area contributed by atoms with Crippen LogP contribution in [0.2, 0.25) is 0 Å². The summed E-state index contributed by atoms with van der Waals surface area (Å²) in [6.07, 6.45) is -10.7. The number of ether oxygens (including phenoxy) is 1. The van der Waals surface area contributed by atoms with E-state index in [0.717, 1.165) is 4.90 Å². The third kappa shape index (κ3) is 7.56. The lowest BCUT2D eigenvalue weighted by Gasteiger charge is -2.43. The van der Waals surface area contributed by atoms with Crippen LogP contribution in [0.3, 0.4) is 0 Å². The summed E-state index contributed by atoms with van der Waals surface area (Å²) in [6.45, 7) is 5.47. The van der Waals surface area contributed by atoms with Crippen LogP contribution in [0, 0.1) is 12.7 Å². The van der Waals surface area contributed by atoms with E-state index in [2.05, 4.69) is 4.90 Å². The predicted molar refractivity (Wildman–Crippen MR) is 147 cm³/mol. The molecule has 3 unspecified atom stereocenters. The first-order valence-electron chi connectivity index (χ1n) is 14.2. The molecule has 2 saturated heterocycles. The number of piperazine rings is 1. The molecule has 2 aromatic carbocycles. The molecule has 2 aliphatic heterocycles. The molecule has 0 aromatic heterocycles. The molecule has 2 aliphatic rings. The van der Waals surface area contributed by atoms with Gasteiger partial charge in [-0.3, -0.25) is 0 Å². The summed E-state index contributed by atoms with van der Waals surface area (Å²) >= 11 is 0. The summed E-state index contributed by atoms with van der Waals surface area (Å²) in [5, 5.41) is 0. The molecule has 3 atom stereocenters. The lowest BCUT2D eigenvalue weighted by Crippen LogP contribution is -2.51. The van der Waals surface area contributed by atoms with Crippen LogP contribution in [0.4, 0.5) is 40.3 Å². The van der Waals surface area contributed by atoms with Gasteiger partial charge in [-0.25, -0.2) is 14.0 Å². The van der Waals surface area contributed by atoms with Crippen LogP contribution in [0.5, 0.6) is 0 Å². The summed E-state index contributed by atoms with van der Waals surface area (Å²) < 4.78 is 101. The van der Waals surface area contributed by atoms with E-state index in [0.29, 0.717) is 49.4 Å². The monoisotopic (exact) mass is 632 g/mol. The molecule has 2 heterocycles. The van der Waals surface area contributed by atoms with E-state index in [1.165, 1.54) is 37.1 Å². The molecule has 0 bridgehead atoms. The highest BCUT2D eigenvalue weighted by atomic mass is 19.4. The minimum atomic E-state index is -5.03. The number of hydrogen-bond acceptors (Lipinski definition) is 4. The maximum Gasteiger partial charge on any atom is 0.416 e. The van der Waals surface area contributed by atoms with Crippen LogP contribution in [-0.2, 0) is 17.1 Å². The fraction of sp³-hybridized carbons (Fsp3) is 0.533. The Labute approximate surface area is 251 Å². The van der Waals surface area contributed by atoms with Gasteiger partial charge in [0.2, 0.25) is 0 Å². The lowest BCUT2D eigenvalue weighted by atomic mass is 9.90. The molecule has 0 spiro atoms. The second kappa shape index (κ2) is 12.8. The van der Waals surface area contributed by atoms with E-state index < -0.39 is 59.6 Å². The first-order valence-corrected chi connectivity index (χ1v) is 14.2. The van der Waals surface area contributed by atoms with Crippen molar-refractivity contribution in [2.24, 2.45) is 0 Å². The highest BCUT2D eigenvalue weighted by molar-refractivity contribution is 5.76. The van der Waals surface area contributed by atoms with Crippen molar-refractivity contribution in [3.05, 3.63) is 70.0 Å². The fourth-order valence-electron chi connectivity index (χ4n) is 5.60. The minimum absolute atomic E-state index is 0.0413. The number of carbonyl (C=O) groups is 2. The Hall–Kier alpha value is -3.55. The molecular weight excluding hydrogens is 597 g/mol. The first-order chi connectivity index (χ1) is 20.5. The average Bonchev–Trinajstić information content (AvgIpc) is 2.95. The number of halogens is 7. The van der Waals surface area contributed by atoms with Gasteiger partial charge in [0.15, 0.2) is 0 Å². The van der Waals surface area contributed by atoms with Gasteiger partial charge in [0.25, 0.3) is 0 Å². The molecule has 3 amide bonds. The molecular formula is C30H35F7N4O3. The number of urea groups is 1. The van der Waals surface area contributed by atoms with E-state index in [9.17, 15) is 40.3 Å². The average molecular weight is 633 g/mol. The highest BCUT2D eigenvalue weighted by Gasteiger charge is 2.40. The van der Waals surface area contributed by atoms with Crippen molar-refractivity contribution >= 4 is 12.1 Å². The number of piperidine rings is 1. The molecule has 0 radical (unpaired) electrons. The zero-order valence-electron chi connectivity index (χ0n) is 24.8. The SMILES string of the molecule is Cc1cc(F)ccc1C1CC(OC(=O)N2CCN(C)CC2)CCN1C(=O)N(C)C(C)c1cc(C(F)(F)F)cc(C(F)(F)F)c1. The van der Waals surface area contributed by atoms with Crippen molar-refractivity contribution in [1.82, 2.24) is 19.6 Å². The van der Waals surface area contributed by atoms with E-state index in [4.69, 9.17) is 4.74 Å². The van der Waals surface area contributed by atoms with Crippen LogP contribution < -0.4 is 0 Å². The molecule has 44 heavy (non-hydrogen) atoms. The van der Waals surface area contributed by atoms with Crippen LogP contribution in [-0.4, -0.2) is 84.6 Å². The second-order valence-corrected chi connectivity index (χ2v) is 11.4. The minimum Gasteiger partial charge on any atom is -0.446 e. The van der Waals surface area contributed by atoms with E-state index in [-0.39, 0.29) is 31.0 Å². The van der Waals surface area contributed by atoms with E-state index in [1.54, 1.807) is 11.8 Å². The maximum atomic E-state index is 14.0. The maximum absolute atomic E-state index is 14.0. The Morgan fingerprint density at radius 2 is 1.52 bits per heavy atom. The number of rotatable bonds is 4. The van der Waals surface area contributed by atoms with Crippen molar-refractivity contribution < 1.29 is 45.1 Å². The number of benzene rings is 2. The van der Waals surface area contributed by atoms with Crippen molar-refractivity contribution in [2.45, 2.75) is 57.2 Å². The van der Waals surface area contributed by atoms with Crippen molar-refractivity contribution in [2.75, 3.05) is 46.8 Å². The first kappa shape index (κ1) is 33.3. The Balaban J connectivity index is 1.59. The van der Waals surface area contributed by atoms with Crippen LogP contribution >= 0.6 is 0 Å². The predicted octanol–water partition coefficient (Wildman–Crippen LogP) is 6.87. The Bertz CT molecular complexity index is 1330. The van der Waals surface area contributed by atoms with Crippen LogP contribution in [0.25, 0.3) is 0 Å². The Morgan fingerprint density at radius 1 is 0.932 bits per heavy atom. The quantitative estimate of drug-likeness (QED) is 0.345. The molecule has 0 N–H and O–H groups in total. The molecule has 242 valence electrons. The van der Waals surface area contributed by atoms with Gasteiger partial charge < -0.3 is 24.3 Å². The summed E-state index contributed by atoms with van der Waals surface area (Å²) in [5.41, 5.74) is -2.18. The van der Waals surface area contributed by atoms with Crippen LogP contribution in [0.15, 0.2) is 36.4 Å². The lowest BCUT2D eigenvalue weighted by molar-refractivity contribution is -0.143. The van der Waals surface area contributed by atoms with Crippen molar-refractivity contribution in [3.8, 4) is 0 Å². The van der Waals surface area contributed by atoms with Gasteiger partial charge in [0.1, 0.15) is 11.9 Å². The van der Waals surface area contributed by atoms with Gasteiger partial charge in [0, 0.05) is 52.6 Å². The van der Waals surface area contributed by atoms with Gasteiger partial charge in [-0.05, 0) is 67.9 Å². The van der Waals surface area contributed by atoms with Gasteiger partial charge in [-0.1, -0.05) is 6.07 Å². The third-order valence-corrected chi connectivity index (χ3v) is 8.39. The number of nitrogens with zero attached hydrogens (tertiary/aromatic N) is 4. The van der Waals surface area contributed by atoms with Gasteiger partial charge >= 0.3 is 24.5 Å². The standard InChI is InChI=1S/C30H35F7N4O3/c1-18-13-23(31)5-6-25(18)26-17-24(44-28(43)40-11-9-38(3)10-12-40)7-8-41(26)27(42)39(4)19(2)20-14-21(29(32,33)34)16-22(15-20)30(35,36)37/h5-6,13-16,19,24,26H,7-12,17H2,1-4H3. The molecule has 7 nitrogen and oxygen atoms in total. The largest absolute Gasteiger partial charge is 0.446 e. The summed E-state index contributed by atoms with van der Waals surface area (Å²) in [7, 11) is 3.25. The third-order valence-electron chi connectivity index (χ3n) is 8.39. The molecule has 2 aromatic rings. The number of carbonyl (C=O) groups excluding carboxylic acids is 2. The smallest absolute Gasteiger partial charge is 0.416 e. The number of alkyl halides is 6. The number of hydrogen-bond donors (Lipinski definition) is 0. The second-order valence-electron chi connectivity index (χ2n) is 11.4. The highest BCUT2D eigenvalue weighted by Crippen LogP contribution is 2.40. The Kier molecular flexibility index (Phi) is 9.72. The van der Waals surface area contributed by atoms with Crippen molar-refractivity contribution in [1.29, 1.82) is 0 Å². The number of likely N-dealkylation sites (tertiary alicyclic amines) is 1. The summed E-state index contributed by atoms with van der Waals surface area (Å²) in [5.74, 6) is -0.492. The van der Waals surface area contributed by atoms with Crippen molar-refractivity contribution in [3.63, 3.8) is 0 Å². The summed E-state index contributed by atoms with van der Waals surface area (Å²) in [6, 6.07) is 2.78. The zero-order chi connectivity index (χ0) is 32.6. The normalized spacial score (nSPS) is 20.8. The molecule has 4 rings (SSSR count). The van der Waals surface area contributed by atoms with E-state index >= 15 is 0 Å². The topological polar surface area (TPSA) is 56.3 Å². The fourth-order valence-corrected chi connectivity index (χ4v) is 5.60. The molecule has 0 aliphatic carbocycles. The van der Waals surface area contributed by atoms with Gasteiger partial charge in [-0.15, -0.1) is 0 Å². The number of amides is 3. The van der Waals surface area contributed by atoms with Crippen LogP contribution in [0.1, 0.15) is 59.7 Å². The van der Waals surface area contributed by atoms with Gasteiger partial charge in [0.05, 0.1) is 23.2 Å². The molecule has 0 saturated carbocycles. The van der Waals surface area contributed by atoms with Gasteiger partial charge in [-0.2, -0.15) is 26.3 Å². The zero-order valence-corrected chi connectivity index (χ0v) is 24.8.